The van der Waals surface area contributed by atoms with E-state index in [1.165, 1.54) is 6.21 Å². The lowest BCUT2D eigenvalue weighted by atomic mass is 10.2. The predicted molar refractivity (Wildman–Crippen MR) is 91.8 cm³/mol. The highest BCUT2D eigenvalue weighted by molar-refractivity contribution is 9.10. The van der Waals surface area contributed by atoms with Gasteiger partial charge in [-0.2, -0.15) is 5.10 Å². The number of hydrogen-bond acceptors (Lipinski definition) is 3. The smallest absolute Gasteiger partial charge is 0.277 e. The van der Waals surface area contributed by atoms with Crippen LogP contribution in [0.1, 0.15) is 5.56 Å². The quantitative estimate of drug-likeness (QED) is 0.600. The molecular formula is C15H11BrCl2N2O2. The second-order valence-electron chi connectivity index (χ2n) is 4.19. The topological polar surface area (TPSA) is 50.7 Å². The van der Waals surface area contributed by atoms with Crippen molar-refractivity contribution in [1.82, 2.24) is 5.43 Å². The van der Waals surface area contributed by atoms with E-state index < -0.39 is 0 Å². The minimum atomic E-state index is -0.368. The van der Waals surface area contributed by atoms with Crippen molar-refractivity contribution in [2.24, 2.45) is 5.10 Å². The molecule has 22 heavy (non-hydrogen) atoms. The fraction of sp³-hybridized carbons (Fsp3) is 0.0667. The van der Waals surface area contributed by atoms with E-state index in [4.69, 9.17) is 27.9 Å². The number of hydrazone groups is 1. The zero-order chi connectivity index (χ0) is 15.9. The number of carbonyl (C=O) groups is 1. The van der Waals surface area contributed by atoms with Crippen LogP contribution in [0.4, 0.5) is 0 Å². The highest BCUT2D eigenvalue weighted by atomic mass is 79.9. The average Bonchev–Trinajstić information content (AvgIpc) is 2.50. The minimum absolute atomic E-state index is 0.138. The molecule has 7 heteroatoms. The van der Waals surface area contributed by atoms with E-state index in [-0.39, 0.29) is 12.5 Å². The third-order valence-corrected chi connectivity index (χ3v) is 3.94. The Morgan fingerprint density at radius 2 is 2.00 bits per heavy atom. The second-order valence-corrected chi connectivity index (χ2v) is 5.85. The molecule has 0 radical (unpaired) electrons. The molecule has 2 aromatic carbocycles. The lowest BCUT2D eigenvalue weighted by Gasteiger charge is -2.06. The summed E-state index contributed by atoms with van der Waals surface area (Å²) < 4.78 is 6.14. The van der Waals surface area contributed by atoms with Crippen LogP contribution in [-0.2, 0) is 4.79 Å². The number of nitrogens with one attached hydrogen (secondary N) is 1. The van der Waals surface area contributed by atoms with Gasteiger partial charge in [0.05, 0.1) is 20.7 Å². The number of carbonyl (C=O) groups excluding carboxylic acids is 1. The molecule has 0 bridgehead atoms. The summed E-state index contributed by atoms with van der Waals surface area (Å²) >= 11 is 15.0. The maximum Gasteiger partial charge on any atom is 0.277 e. The van der Waals surface area contributed by atoms with E-state index in [1.54, 1.807) is 24.3 Å². The van der Waals surface area contributed by atoms with Crippen molar-refractivity contribution in [2.75, 3.05) is 6.61 Å². The Morgan fingerprint density at radius 3 is 2.73 bits per heavy atom. The van der Waals surface area contributed by atoms with Gasteiger partial charge < -0.3 is 4.74 Å². The fourth-order valence-corrected chi connectivity index (χ4v) is 2.21. The molecular weight excluding hydrogens is 391 g/mol. The van der Waals surface area contributed by atoms with Gasteiger partial charge in [0.2, 0.25) is 0 Å². The molecule has 0 aliphatic carbocycles. The van der Waals surface area contributed by atoms with Crippen molar-refractivity contribution in [1.29, 1.82) is 0 Å². The van der Waals surface area contributed by atoms with E-state index >= 15 is 0 Å². The zero-order valence-electron chi connectivity index (χ0n) is 11.2. The first-order chi connectivity index (χ1) is 10.6. The van der Waals surface area contributed by atoms with E-state index in [9.17, 15) is 4.79 Å². The Balaban J connectivity index is 1.83. The number of para-hydroxylation sites is 1. The molecule has 0 unspecified atom stereocenters. The summed E-state index contributed by atoms with van der Waals surface area (Å²) in [6.07, 6.45) is 1.47. The van der Waals surface area contributed by atoms with Gasteiger partial charge in [0.25, 0.3) is 5.91 Å². The molecule has 0 saturated carbocycles. The molecule has 0 saturated heterocycles. The normalized spacial score (nSPS) is 10.7. The SMILES string of the molecule is O=C(COc1ccccc1Br)N/N=C/c1ccc(Cl)c(Cl)c1. The molecule has 0 fully saturated rings. The summed E-state index contributed by atoms with van der Waals surface area (Å²) in [5.74, 6) is 0.221. The average molecular weight is 402 g/mol. The van der Waals surface area contributed by atoms with Gasteiger partial charge in [0, 0.05) is 0 Å². The van der Waals surface area contributed by atoms with Crippen LogP contribution in [0.2, 0.25) is 10.0 Å². The van der Waals surface area contributed by atoms with Crippen molar-refractivity contribution in [3.8, 4) is 5.75 Å². The van der Waals surface area contributed by atoms with Gasteiger partial charge in [-0.1, -0.05) is 41.4 Å². The van der Waals surface area contributed by atoms with Crippen LogP contribution < -0.4 is 10.2 Å². The molecule has 0 aromatic heterocycles. The lowest BCUT2D eigenvalue weighted by molar-refractivity contribution is -0.123. The van der Waals surface area contributed by atoms with Gasteiger partial charge >= 0.3 is 0 Å². The Bertz CT molecular complexity index is 708. The van der Waals surface area contributed by atoms with Crippen LogP contribution in [0.5, 0.6) is 5.75 Å². The van der Waals surface area contributed by atoms with E-state index in [0.717, 1.165) is 10.0 Å². The molecule has 0 heterocycles. The maximum absolute atomic E-state index is 11.6. The van der Waals surface area contributed by atoms with Crippen LogP contribution in [0.15, 0.2) is 52.0 Å². The number of ether oxygens (including phenoxy) is 1. The molecule has 1 amide bonds. The molecule has 0 aliphatic rings. The van der Waals surface area contributed by atoms with Crippen molar-refractivity contribution in [2.45, 2.75) is 0 Å². The first kappa shape index (κ1) is 16.8. The molecule has 114 valence electrons. The highest BCUT2D eigenvalue weighted by Crippen LogP contribution is 2.23. The fourth-order valence-electron chi connectivity index (χ4n) is 1.51. The largest absolute Gasteiger partial charge is 0.483 e. The first-order valence-corrected chi connectivity index (χ1v) is 7.75. The predicted octanol–water partition coefficient (Wildman–Crippen LogP) is 4.29. The Kier molecular flexibility index (Phi) is 6.24. The van der Waals surface area contributed by atoms with Crippen molar-refractivity contribution in [3.05, 3.63) is 62.5 Å². The van der Waals surface area contributed by atoms with Crippen LogP contribution >= 0.6 is 39.1 Å². The molecule has 0 spiro atoms. The summed E-state index contributed by atoms with van der Waals surface area (Å²) in [6, 6.07) is 12.3. The summed E-state index contributed by atoms with van der Waals surface area (Å²) in [5, 5.41) is 4.72. The van der Waals surface area contributed by atoms with Crippen LogP contribution in [0, 0.1) is 0 Å². The van der Waals surface area contributed by atoms with Crippen LogP contribution in [-0.4, -0.2) is 18.7 Å². The third-order valence-electron chi connectivity index (χ3n) is 2.54. The number of amides is 1. The van der Waals surface area contributed by atoms with E-state index in [2.05, 4.69) is 26.5 Å². The molecule has 0 aliphatic heterocycles. The van der Waals surface area contributed by atoms with Crippen LogP contribution in [0.25, 0.3) is 0 Å². The number of hydrogen-bond donors (Lipinski definition) is 1. The van der Waals surface area contributed by atoms with Gasteiger partial charge in [-0.25, -0.2) is 5.43 Å². The van der Waals surface area contributed by atoms with E-state index in [0.29, 0.717) is 15.8 Å². The summed E-state index contributed by atoms with van der Waals surface area (Å²) in [4.78, 5) is 11.6. The summed E-state index contributed by atoms with van der Waals surface area (Å²) in [6.45, 7) is -0.138. The van der Waals surface area contributed by atoms with E-state index in [1.807, 2.05) is 18.2 Å². The van der Waals surface area contributed by atoms with Crippen molar-refractivity contribution in [3.63, 3.8) is 0 Å². The van der Waals surface area contributed by atoms with Crippen molar-refractivity contribution < 1.29 is 9.53 Å². The number of rotatable bonds is 5. The third kappa shape index (κ3) is 5.02. The Morgan fingerprint density at radius 1 is 1.23 bits per heavy atom. The maximum atomic E-state index is 11.6. The number of nitrogens with zero attached hydrogens (tertiary/aromatic N) is 1. The van der Waals surface area contributed by atoms with Gasteiger partial charge in [0.1, 0.15) is 5.75 Å². The van der Waals surface area contributed by atoms with Gasteiger partial charge in [-0.15, -0.1) is 0 Å². The lowest BCUT2D eigenvalue weighted by Crippen LogP contribution is -2.24. The molecule has 0 atom stereocenters. The highest BCUT2D eigenvalue weighted by Gasteiger charge is 2.04. The summed E-state index contributed by atoms with van der Waals surface area (Å²) in [7, 11) is 0. The Hall–Kier alpha value is -1.56. The van der Waals surface area contributed by atoms with Crippen molar-refractivity contribution >= 4 is 51.3 Å². The number of benzene rings is 2. The van der Waals surface area contributed by atoms with Gasteiger partial charge in [-0.3, -0.25) is 4.79 Å². The molecule has 4 nitrogen and oxygen atoms in total. The monoisotopic (exact) mass is 400 g/mol. The van der Waals surface area contributed by atoms with Crippen LogP contribution in [0.3, 0.4) is 0 Å². The first-order valence-electron chi connectivity index (χ1n) is 6.20. The summed E-state index contributed by atoms with van der Waals surface area (Å²) in [5.41, 5.74) is 3.09. The zero-order valence-corrected chi connectivity index (χ0v) is 14.3. The minimum Gasteiger partial charge on any atom is -0.483 e. The molecule has 1 N–H and O–H groups in total. The standard InChI is InChI=1S/C15H11BrCl2N2O2/c16-11-3-1-2-4-14(11)22-9-15(21)20-19-8-10-5-6-12(17)13(18)7-10/h1-8H,9H2,(H,20,21)/b19-8+. The van der Waals surface area contributed by atoms with Gasteiger partial charge in [0.15, 0.2) is 6.61 Å². The number of halogens is 3. The Labute approximate surface area is 146 Å². The second kappa shape index (κ2) is 8.17. The molecule has 2 rings (SSSR count). The molecule has 2 aromatic rings. The van der Waals surface area contributed by atoms with Gasteiger partial charge in [-0.05, 0) is 45.8 Å².